The summed E-state index contributed by atoms with van der Waals surface area (Å²) >= 11 is 0. The highest BCUT2D eigenvalue weighted by Gasteiger charge is 2.20. The van der Waals surface area contributed by atoms with Crippen LogP contribution in [-0.4, -0.2) is 19.9 Å². The van der Waals surface area contributed by atoms with Crippen LogP contribution in [0.5, 0.6) is 0 Å². The Morgan fingerprint density at radius 2 is 1.67 bits per heavy atom. The average Bonchev–Trinajstić information content (AvgIpc) is 2.40. The molecule has 0 unspecified atom stereocenters. The molecule has 0 atom stereocenters. The molecule has 2 aromatic heterocycles. The lowest BCUT2D eigenvalue weighted by molar-refractivity contribution is 0.438. The zero-order valence-corrected chi connectivity index (χ0v) is 11.0. The summed E-state index contributed by atoms with van der Waals surface area (Å²) in [7, 11) is 0. The molecule has 1 saturated carbocycles. The molecule has 18 heavy (non-hydrogen) atoms. The van der Waals surface area contributed by atoms with Crippen LogP contribution in [0.1, 0.15) is 55.1 Å². The Hall–Kier alpha value is -1.58. The summed E-state index contributed by atoms with van der Waals surface area (Å²) in [6.45, 7) is 3.98. The molecule has 0 radical (unpaired) electrons. The summed E-state index contributed by atoms with van der Waals surface area (Å²) in [6, 6.07) is 0. The van der Waals surface area contributed by atoms with Crippen LogP contribution in [0.2, 0.25) is 0 Å². The minimum Gasteiger partial charge on any atom is -0.246 e. The number of hydrogen-bond donors (Lipinski definition) is 0. The highest BCUT2D eigenvalue weighted by molar-refractivity contribution is 5.73. The van der Waals surface area contributed by atoms with E-state index in [4.69, 9.17) is 0 Å². The molecule has 4 heteroatoms. The summed E-state index contributed by atoms with van der Waals surface area (Å²) in [5.41, 5.74) is 4.70. The van der Waals surface area contributed by atoms with E-state index in [-0.39, 0.29) is 0 Å². The van der Waals surface area contributed by atoms with Gasteiger partial charge in [-0.2, -0.15) is 0 Å². The number of aryl methyl sites for hydroxylation is 2. The molecular formula is C14H18N4. The molecule has 0 saturated heterocycles. The van der Waals surface area contributed by atoms with Gasteiger partial charge in [-0.25, -0.2) is 19.9 Å². The quantitative estimate of drug-likeness (QED) is 0.771. The Kier molecular flexibility index (Phi) is 2.94. The number of fused-ring (bicyclic) bond motifs is 1. The van der Waals surface area contributed by atoms with Gasteiger partial charge in [-0.15, -0.1) is 0 Å². The van der Waals surface area contributed by atoms with Crippen molar-refractivity contribution >= 4 is 11.2 Å². The smallest absolute Gasteiger partial charge is 0.181 e. The summed E-state index contributed by atoms with van der Waals surface area (Å²) < 4.78 is 0. The van der Waals surface area contributed by atoms with Gasteiger partial charge in [0.2, 0.25) is 0 Å². The van der Waals surface area contributed by atoms with Gasteiger partial charge in [-0.1, -0.05) is 19.3 Å². The second-order valence-corrected chi connectivity index (χ2v) is 5.16. The van der Waals surface area contributed by atoms with Crippen molar-refractivity contribution in [2.45, 2.75) is 51.9 Å². The van der Waals surface area contributed by atoms with Crippen LogP contribution in [0.3, 0.4) is 0 Å². The number of hydrogen-bond acceptors (Lipinski definition) is 4. The molecule has 0 aliphatic heterocycles. The van der Waals surface area contributed by atoms with Crippen molar-refractivity contribution in [2.24, 2.45) is 0 Å². The maximum atomic E-state index is 4.66. The maximum absolute atomic E-state index is 4.66. The molecule has 0 bridgehead atoms. The van der Waals surface area contributed by atoms with Crippen molar-refractivity contribution in [3.8, 4) is 0 Å². The average molecular weight is 242 g/mol. The molecule has 0 N–H and O–H groups in total. The molecule has 2 aromatic rings. The van der Waals surface area contributed by atoms with Gasteiger partial charge in [0, 0.05) is 5.92 Å². The van der Waals surface area contributed by atoms with Crippen molar-refractivity contribution in [3.63, 3.8) is 0 Å². The first-order chi connectivity index (χ1) is 8.75. The van der Waals surface area contributed by atoms with Crippen molar-refractivity contribution < 1.29 is 0 Å². The lowest BCUT2D eigenvalue weighted by Gasteiger charge is -2.21. The largest absolute Gasteiger partial charge is 0.246 e. The summed E-state index contributed by atoms with van der Waals surface area (Å²) in [6.07, 6.45) is 8.03. The minimum atomic E-state index is 0.542. The van der Waals surface area contributed by atoms with Crippen LogP contribution in [0, 0.1) is 13.8 Å². The third-order valence-corrected chi connectivity index (χ3v) is 3.90. The van der Waals surface area contributed by atoms with Crippen LogP contribution < -0.4 is 0 Å². The summed E-state index contributed by atoms with van der Waals surface area (Å²) in [5.74, 6) is 0.542. The first-order valence-corrected chi connectivity index (χ1v) is 6.71. The predicted molar refractivity (Wildman–Crippen MR) is 70.4 cm³/mol. The highest BCUT2D eigenvalue weighted by atomic mass is 15.0. The Balaban J connectivity index is 2.13. The van der Waals surface area contributed by atoms with Gasteiger partial charge in [0.25, 0.3) is 0 Å². The van der Waals surface area contributed by atoms with Gasteiger partial charge in [-0.05, 0) is 26.7 Å². The Morgan fingerprint density at radius 3 is 2.44 bits per heavy atom. The monoisotopic (exact) mass is 242 g/mol. The molecule has 1 aliphatic rings. The number of aromatic nitrogens is 4. The van der Waals surface area contributed by atoms with Crippen LogP contribution in [0.4, 0.5) is 0 Å². The SMILES string of the molecule is Cc1nc2ncnc(C3CCCCC3)c2nc1C. The van der Waals surface area contributed by atoms with E-state index in [1.807, 2.05) is 13.8 Å². The Bertz CT molecular complexity index is 573. The van der Waals surface area contributed by atoms with E-state index in [0.29, 0.717) is 5.92 Å². The number of rotatable bonds is 1. The molecule has 0 amide bonds. The van der Waals surface area contributed by atoms with Gasteiger partial charge in [-0.3, -0.25) is 0 Å². The highest BCUT2D eigenvalue weighted by Crippen LogP contribution is 2.33. The predicted octanol–water partition coefficient (Wildman–Crippen LogP) is 3.08. The van der Waals surface area contributed by atoms with Gasteiger partial charge < -0.3 is 0 Å². The molecule has 94 valence electrons. The lowest BCUT2D eigenvalue weighted by atomic mass is 9.86. The molecule has 0 aromatic carbocycles. The van der Waals surface area contributed by atoms with Gasteiger partial charge in [0.1, 0.15) is 11.8 Å². The molecule has 1 fully saturated rings. The van der Waals surface area contributed by atoms with Gasteiger partial charge >= 0.3 is 0 Å². The Labute approximate surface area is 107 Å². The first-order valence-electron chi connectivity index (χ1n) is 6.71. The van der Waals surface area contributed by atoms with E-state index in [1.165, 1.54) is 32.1 Å². The zero-order valence-electron chi connectivity index (χ0n) is 11.0. The normalized spacial score (nSPS) is 17.2. The molecule has 2 heterocycles. The van der Waals surface area contributed by atoms with E-state index < -0.39 is 0 Å². The fourth-order valence-corrected chi connectivity index (χ4v) is 2.73. The van der Waals surface area contributed by atoms with E-state index in [0.717, 1.165) is 28.2 Å². The van der Waals surface area contributed by atoms with Crippen molar-refractivity contribution in [3.05, 3.63) is 23.4 Å². The van der Waals surface area contributed by atoms with Crippen LogP contribution >= 0.6 is 0 Å². The third-order valence-electron chi connectivity index (χ3n) is 3.90. The van der Waals surface area contributed by atoms with Crippen LogP contribution in [-0.2, 0) is 0 Å². The first kappa shape index (κ1) is 11.5. The number of nitrogens with zero attached hydrogens (tertiary/aromatic N) is 4. The standard InChI is InChI=1S/C14H18N4/c1-9-10(2)18-14-13(17-9)12(15-8-16-14)11-6-4-3-5-7-11/h8,11H,3-7H2,1-2H3. The van der Waals surface area contributed by atoms with Crippen LogP contribution in [0.25, 0.3) is 11.2 Å². The molecular weight excluding hydrogens is 224 g/mol. The Morgan fingerprint density at radius 1 is 0.944 bits per heavy atom. The van der Waals surface area contributed by atoms with E-state index in [2.05, 4.69) is 19.9 Å². The maximum Gasteiger partial charge on any atom is 0.181 e. The second kappa shape index (κ2) is 4.59. The van der Waals surface area contributed by atoms with E-state index in [9.17, 15) is 0 Å². The molecule has 4 nitrogen and oxygen atoms in total. The van der Waals surface area contributed by atoms with Crippen LogP contribution in [0.15, 0.2) is 6.33 Å². The molecule has 3 rings (SSSR count). The van der Waals surface area contributed by atoms with Crippen molar-refractivity contribution in [1.29, 1.82) is 0 Å². The molecule has 1 aliphatic carbocycles. The van der Waals surface area contributed by atoms with Gasteiger partial charge in [0.15, 0.2) is 5.65 Å². The fourth-order valence-electron chi connectivity index (χ4n) is 2.73. The van der Waals surface area contributed by atoms with E-state index >= 15 is 0 Å². The fraction of sp³-hybridized carbons (Fsp3) is 0.571. The van der Waals surface area contributed by atoms with Crippen molar-refractivity contribution in [2.75, 3.05) is 0 Å². The topological polar surface area (TPSA) is 51.6 Å². The zero-order chi connectivity index (χ0) is 12.5. The third kappa shape index (κ3) is 1.96. The van der Waals surface area contributed by atoms with Crippen molar-refractivity contribution in [1.82, 2.24) is 19.9 Å². The lowest BCUT2D eigenvalue weighted by Crippen LogP contribution is -2.09. The van der Waals surface area contributed by atoms with E-state index in [1.54, 1.807) is 6.33 Å². The summed E-state index contributed by atoms with van der Waals surface area (Å²) in [5, 5.41) is 0. The second-order valence-electron chi connectivity index (χ2n) is 5.16. The van der Waals surface area contributed by atoms with Gasteiger partial charge in [0.05, 0.1) is 17.1 Å². The molecule has 0 spiro atoms. The minimum absolute atomic E-state index is 0.542. The summed E-state index contributed by atoms with van der Waals surface area (Å²) in [4.78, 5) is 17.9.